The van der Waals surface area contributed by atoms with Crippen LogP contribution in [-0.2, 0) is 0 Å². The summed E-state index contributed by atoms with van der Waals surface area (Å²) < 4.78 is 3.53. The molecule has 4 heterocycles. The van der Waals surface area contributed by atoms with Crippen molar-refractivity contribution in [2.24, 2.45) is 0 Å². The van der Waals surface area contributed by atoms with Gasteiger partial charge in [0.15, 0.2) is 0 Å². The Kier molecular flexibility index (Phi) is 4.48. The zero-order chi connectivity index (χ0) is 19.8. The van der Waals surface area contributed by atoms with Gasteiger partial charge in [-0.3, -0.25) is 4.79 Å². The van der Waals surface area contributed by atoms with E-state index in [0.717, 1.165) is 48.3 Å². The van der Waals surface area contributed by atoms with Crippen molar-refractivity contribution >= 4 is 5.52 Å². The van der Waals surface area contributed by atoms with Crippen molar-refractivity contribution in [1.29, 1.82) is 0 Å². The number of pyridine rings is 1. The number of likely N-dealkylation sites (tertiary alicyclic amines) is 1. The van der Waals surface area contributed by atoms with Crippen molar-refractivity contribution in [2.75, 3.05) is 20.1 Å². The lowest BCUT2D eigenvalue weighted by molar-refractivity contribution is 0.208. The van der Waals surface area contributed by atoms with Crippen molar-refractivity contribution in [3.05, 3.63) is 77.3 Å². The largest absolute Gasteiger partial charge is 0.306 e. The maximum Gasteiger partial charge on any atom is 0.275 e. The Balaban J connectivity index is 1.70. The van der Waals surface area contributed by atoms with Gasteiger partial charge in [-0.05, 0) is 51.2 Å². The second-order valence-electron chi connectivity index (χ2n) is 7.65. The molecule has 0 bridgehead atoms. The average molecular weight is 385 g/mol. The van der Waals surface area contributed by atoms with E-state index in [4.69, 9.17) is 5.10 Å². The number of rotatable bonds is 3. The van der Waals surface area contributed by atoms with Crippen LogP contribution in [0, 0.1) is 0 Å². The van der Waals surface area contributed by atoms with E-state index in [1.807, 2.05) is 65.3 Å². The quantitative estimate of drug-likeness (QED) is 0.542. The Morgan fingerprint density at radius 3 is 2.52 bits per heavy atom. The van der Waals surface area contributed by atoms with E-state index in [9.17, 15) is 4.79 Å². The molecule has 1 aliphatic heterocycles. The van der Waals surface area contributed by atoms with E-state index >= 15 is 0 Å². The number of benzene rings is 1. The highest BCUT2D eigenvalue weighted by atomic mass is 16.1. The van der Waals surface area contributed by atoms with Crippen molar-refractivity contribution in [3.8, 4) is 22.4 Å². The van der Waals surface area contributed by atoms with E-state index in [2.05, 4.69) is 17.0 Å². The number of aromatic nitrogens is 4. The van der Waals surface area contributed by atoms with Gasteiger partial charge in [0.2, 0.25) is 0 Å². The Bertz CT molecular complexity index is 1200. The zero-order valence-corrected chi connectivity index (χ0v) is 16.4. The molecule has 0 spiro atoms. The molecule has 1 fully saturated rings. The molecule has 5 rings (SSSR count). The summed E-state index contributed by atoms with van der Waals surface area (Å²) in [5.74, 6) is 0. The van der Waals surface area contributed by atoms with Crippen LogP contribution in [0.25, 0.3) is 27.9 Å². The number of nitrogens with zero attached hydrogens (tertiary/aromatic N) is 5. The summed E-state index contributed by atoms with van der Waals surface area (Å²) in [5.41, 5.74) is 4.20. The molecule has 1 aromatic carbocycles. The third-order valence-electron chi connectivity index (χ3n) is 5.76. The van der Waals surface area contributed by atoms with Crippen molar-refractivity contribution < 1.29 is 0 Å². The first-order chi connectivity index (χ1) is 14.2. The maximum atomic E-state index is 13.5. The highest BCUT2D eigenvalue weighted by molar-refractivity contribution is 5.91. The Morgan fingerprint density at radius 2 is 1.72 bits per heavy atom. The van der Waals surface area contributed by atoms with Gasteiger partial charge in [-0.1, -0.05) is 36.4 Å². The van der Waals surface area contributed by atoms with Crippen LogP contribution in [0.1, 0.15) is 18.9 Å². The summed E-state index contributed by atoms with van der Waals surface area (Å²) in [7, 11) is 2.12. The average Bonchev–Trinajstić information content (AvgIpc) is 3.15. The van der Waals surface area contributed by atoms with Gasteiger partial charge in [0.1, 0.15) is 5.69 Å². The highest BCUT2D eigenvalue weighted by Crippen LogP contribution is 2.33. The Hall–Kier alpha value is -3.25. The summed E-state index contributed by atoms with van der Waals surface area (Å²) in [4.78, 5) is 15.8. The molecule has 0 amide bonds. The molecular formula is C23H23N5O. The fourth-order valence-electron chi connectivity index (χ4n) is 4.18. The lowest BCUT2D eigenvalue weighted by Gasteiger charge is -2.29. The van der Waals surface area contributed by atoms with E-state index in [1.54, 1.807) is 10.9 Å². The predicted molar refractivity (Wildman–Crippen MR) is 114 cm³/mol. The molecule has 3 aromatic heterocycles. The topological polar surface area (TPSA) is 55.4 Å². The second-order valence-corrected chi connectivity index (χ2v) is 7.65. The fourth-order valence-corrected chi connectivity index (χ4v) is 4.18. The van der Waals surface area contributed by atoms with Crippen LogP contribution in [0.2, 0.25) is 0 Å². The summed E-state index contributed by atoms with van der Waals surface area (Å²) in [6.45, 7) is 1.96. The van der Waals surface area contributed by atoms with Gasteiger partial charge in [0.05, 0.1) is 17.1 Å². The first-order valence-corrected chi connectivity index (χ1v) is 10.0. The summed E-state index contributed by atoms with van der Waals surface area (Å²) in [5, 5.41) is 9.23. The summed E-state index contributed by atoms with van der Waals surface area (Å²) >= 11 is 0. The lowest BCUT2D eigenvalue weighted by Crippen LogP contribution is -2.36. The molecule has 146 valence electrons. The van der Waals surface area contributed by atoms with Gasteiger partial charge in [0.25, 0.3) is 5.56 Å². The summed E-state index contributed by atoms with van der Waals surface area (Å²) in [6.07, 6.45) is 5.54. The van der Waals surface area contributed by atoms with E-state index < -0.39 is 0 Å². The van der Waals surface area contributed by atoms with E-state index in [-0.39, 0.29) is 11.6 Å². The van der Waals surface area contributed by atoms with Crippen LogP contribution in [0.15, 0.2) is 71.8 Å². The Morgan fingerprint density at radius 1 is 0.966 bits per heavy atom. The number of piperidine rings is 1. The maximum absolute atomic E-state index is 13.5. The van der Waals surface area contributed by atoms with Crippen molar-refractivity contribution in [1.82, 2.24) is 24.3 Å². The first kappa shape index (κ1) is 17.8. The minimum atomic E-state index is -0.0435. The molecule has 1 saturated heterocycles. The van der Waals surface area contributed by atoms with Crippen LogP contribution in [-0.4, -0.2) is 44.4 Å². The first-order valence-electron chi connectivity index (χ1n) is 10.0. The molecule has 6 nitrogen and oxygen atoms in total. The molecule has 0 saturated carbocycles. The molecule has 6 heteroatoms. The Labute approximate surface area is 169 Å². The summed E-state index contributed by atoms with van der Waals surface area (Å²) in [6, 6.07) is 17.9. The van der Waals surface area contributed by atoms with Crippen LogP contribution in [0.5, 0.6) is 0 Å². The van der Waals surface area contributed by atoms with E-state index in [1.165, 1.54) is 0 Å². The van der Waals surface area contributed by atoms with Crippen molar-refractivity contribution in [2.45, 2.75) is 18.9 Å². The molecule has 0 atom stereocenters. The standard InChI is InChI=1S/C23H23N5O/c1-26-15-11-18(12-16-26)28-23(29)19(10-13-24-28)21-20-9-5-6-14-27(20)25-22(21)17-7-3-2-4-8-17/h2-10,13-14,18H,11-12,15-16H2,1H3. The van der Waals surface area contributed by atoms with Gasteiger partial charge < -0.3 is 4.90 Å². The smallest absolute Gasteiger partial charge is 0.275 e. The molecule has 1 aliphatic rings. The molecule has 29 heavy (non-hydrogen) atoms. The molecule has 0 aliphatic carbocycles. The molecule has 4 aromatic rings. The van der Waals surface area contributed by atoms with Gasteiger partial charge >= 0.3 is 0 Å². The van der Waals surface area contributed by atoms with Crippen LogP contribution >= 0.6 is 0 Å². The van der Waals surface area contributed by atoms with Gasteiger partial charge in [0, 0.05) is 23.5 Å². The molecule has 0 unspecified atom stereocenters. The predicted octanol–water partition coefficient (Wildman–Crippen LogP) is 3.49. The molecule has 0 radical (unpaired) electrons. The third-order valence-corrected chi connectivity index (χ3v) is 5.76. The van der Waals surface area contributed by atoms with Crippen molar-refractivity contribution in [3.63, 3.8) is 0 Å². The number of hydrogen-bond donors (Lipinski definition) is 0. The van der Waals surface area contributed by atoms with Crippen LogP contribution in [0.3, 0.4) is 0 Å². The monoisotopic (exact) mass is 385 g/mol. The van der Waals surface area contributed by atoms with Gasteiger partial charge in [-0.15, -0.1) is 0 Å². The number of hydrogen-bond acceptors (Lipinski definition) is 4. The zero-order valence-electron chi connectivity index (χ0n) is 16.4. The minimum absolute atomic E-state index is 0.0435. The third kappa shape index (κ3) is 3.15. The van der Waals surface area contributed by atoms with Gasteiger partial charge in [-0.2, -0.15) is 10.2 Å². The highest BCUT2D eigenvalue weighted by Gasteiger charge is 2.24. The van der Waals surface area contributed by atoms with Crippen LogP contribution < -0.4 is 5.56 Å². The molecular weight excluding hydrogens is 362 g/mol. The minimum Gasteiger partial charge on any atom is -0.306 e. The fraction of sp³-hybridized carbons (Fsp3) is 0.261. The van der Waals surface area contributed by atoms with Gasteiger partial charge in [-0.25, -0.2) is 9.20 Å². The van der Waals surface area contributed by atoms with E-state index in [0.29, 0.717) is 5.56 Å². The second kappa shape index (κ2) is 7.29. The van der Waals surface area contributed by atoms with Crippen LogP contribution in [0.4, 0.5) is 0 Å². The number of fused-ring (bicyclic) bond motifs is 1. The molecule has 0 N–H and O–H groups in total. The normalized spacial score (nSPS) is 15.8. The lowest BCUT2D eigenvalue weighted by atomic mass is 10.0. The SMILES string of the molecule is CN1CCC(n2nccc(-c3c(-c4ccccc4)nn4ccccc34)c2=O)CC1.